The predicted octanol–water partition coefficient (Wildman–Crippen LogP) is 1.05. The van der Waals surface area contributed by atoms with E-state index in [2.05, 4.69) is 9.46 Å². The molecule has 0 spiro atoms. The molecular formula is C13H19ClN2O4S. The average Bonchev–Trinajstić information content (AvgIpc) is 2.42. The highest BCUT2D eigenvalue weighted by atomic mass is 35.5. The minimum atomic E-state index is -3.67. The molecule has 0 saturated heterocycles. The second kappa shape index (κ2) is 6.74. The topological polar surface area (TPSA) is 98.5 Å². The van der Waals surface area contributed by atoms with Crippen LogP contribution in [0.25, 0.3) is 0 Å². The highest BCUT2D eigenvalue weighted by molar-refractivity contribution is 7.89. The number of hydrogen-bond acceptors (Lipinski definition) is 5. The molecule has 0 aliphatic heterocycles. The molecule has 1 aliphatic carbocycles. The number of hydrogen-bond donors (Lipinski definition) is 2. The average molecular weight is 335 g/mol. The standard InChI is InChI=1S/C13H18N2O4S.ClH/c1-19-12(16)10-4-2-5-11(8-10)20(17,18)15-9-13(14)6-3-7-13;/h2,4-5,8,15H,3,6-7,9,14H2,1H3;1H. The lowest BCUT2D eigenvalue weighted by molar-refractivity contribution is 0.0600. The van der Waals surface area contributed by atoms with Crippen molar-refractivity contribution < 1.29 is 17.9 Å². The van der Waals surface area contributed by atoms with Gasteiger partial charge in [-0.2, -0.15) is 0 Å². The zero-order valence-corrected chi connectivity index (χ0v) is 13.3. The summed E-state index contributed by atoms with van der Waals surface area (Å²) >= 11 is 0. The third-order valence-corrected chi connectivity index (χ3v) is 4.93. The van der Waals surface area contributed by atoms with Gasteiger partial charge in [-0.15, -0.1) is 12.4 Å². The summed E-state index contributed by atoms with van der Waals surface area (Å²) in [5.74, 6) is -0.573. The molecule has 0 radical (unpaired) electrons. The van der Waals surface area contributed by atoms with Gasteiger partial charge < -0.3 is 10.5 Å². The summed E-state index contributed by atoms with van der Waals surface area (Å²) in [5.41, 5.74) is 5.75. The Hall–Kier alpha value is -1.15. The Labute approximate surface area is 130 Å². The lowest BCUT2D eigenvalue weighted by Crippen LogP contribution is -2.54. The van der Waals surface area contributed by atoms with Gasteiger partial charge in [-0.25, -0.2) is 17.9 Å². The molecule has 8 heteroatoms. The van der Waals surface area contributed by atoms with Gasteiger partial charge >= 0.3 is 5.97 Å². The van der Waals surface area contributed by atoms with Crippen molar-refractivity contribution in [3.8, 4) is 0 Å². The van der Waals surface area contributed by atoms with Gasteiger partial charge in [0.05, 0.1) is 17.6 Å². The molecule has 0 unspecified atom stereocenters. The molecule has 0 atom stereocenters. The molecule has 1 aromatic carbocycles. The fourth-order valence-corrected chi connectivity index (χ4v) is 3.22. The van der Waals surface area contributed by atoms with Crippen LogP contribution in [0, 0.1) is 0 Å². The van der Waals surface area contributed by atoms with Gasteiger partial charge in [-0.3, -0.25) is 0 Å². The van der Waals surface area contributed by atoms with Gasteiger partial charge in [0, 0.05) is 12.1 Å². The van der Waals surface area contributed by atoms with E-state index in [4.69, 9.17) is 5.73 Å². The molecule has 1 aromatic rings. The Bertz CT molecular complexity index is 614. The van der Waals surface area contributed by atoms with Crippen molar-refractivity contribution in [3.63, 3.8) is 0 Å². The van der Waals surface area contributed by atoms with Crippen molar-refractivity contribution >= 4 is 28.4 Å². The summed E-state index contributed by atoms with van der Waals surface area (Å²) in [6, 6.07) is 5.72. The number of halogens is 1. The third kappa shape index (κ3) is 4.16. The Morgan fingerprint density at radius 2 is 2.10 bits per heavy atom. The second-order valence-electron chi connectivity index (χ2n) is 5.06. The summed E-state index contributed by atoms with van der Waals surface area (Å²) in [6.07, 6.45) is 2.66. The number of carbonyl (C=O) groups is 1. The molecule has 2 rings (SSSR count). The maximum absolute atomic E-state index is 12.2. The van der Waals surface area contributed by atoms with Crippen molar-refractivity contribution in [2.24, 2.45) is 5.73 Å². The lowest BCUT2D eigenvalue weighted by Gasteiger charge is -2.38. The van der Waals surface area contributed by atoms with Crippen molar-refractivity contribution in [1.82, 2.24) is 4.72 Å². The van der Waals surface area contributed by atoms with Crippen LogP contribution >= 0.6 is 12.4 Å². The number of rotatable bonds is 5. The fraction of sp³-hybridized carbons (Fsp3) is 0.462. The first-order valence-corrected chi connectivity index (χ1v) is 7.82. The van der Waals surface area contributed by atoms with Gasteiger partial charge in [0.25, 0.3) is 0 Å². The first kappa shape index (κ1) is 17.9. The van der Waals surface area contributed by atoms with Crippen LogP contribution < -0.4 is 10.5 Å². The van der Waals surface area contributed by atoms with Crippen LogP contribution in [0.4, 0.5) is 0 Å². The lowest BCUT2D eigenvalue weighted by atomic mass is 9.78. The van der Waals surface area contributed by atoms with Crippen LogP contribution in [0.1, 0.15) is 29.6 Å². The predicted molar refractivity (Wildman–Crippen MR) is 81.0 cm³/mol. The zero-order chi connectivity index (χ0) is 14.8. The molecular weight excluding hydrogens is 316 g/mol. The Kier molecular flexibility index (Phi) is 5.75. The summed E-state index contributed by atoms with van der Waals surface area (Å²) < 4.78 is 31.4. The van der Waals surface area contributed by atoms with E-state index in [0.29, 0.717) is 0 Å². The Balaban J connectivity index is 0.00000220. The Morgan fingerprint density at radius 3 is 2.62 bits per heavy atom. The van der Waals surface area contributed by atoms with E-state index in [0.717, 1.165) is 19.3 Å². The summed E-state index contributed by atoms with van der Waals surface area (Å²) in [6.45, 7) is 0.206. The van der Waals surface area contributed by atoms with Gasteiger partial charge in [0.2, 0.25) is 10.0 Å². The molecule has 1 saturated carbocycles. The number of esters is 1. The first-order chi connectivity index (χ1) is 9.36. The number of carbonyl (C=O) groups excluding carboxylic acids is 1. The molecule has 21 heavy (non-hydrogen) atoms. The molecule has 0 amide bonds. The number of nitrogens with two attached hydrogens (primary N) is 1. The van der Waals surface area contributed by atoms with E-state index in [1.54, 1.807) is 0 Å². The van der Waals surface area contributed by atoms with E-state index in [1.807, 2.05) is 0 Å². The SMILES string of the molecule is COC(=O)c1cccc(S(=O)(=O)NCC2(N)CCC2)c1.Cl. The summed E-state index contributed by atoms with van der Waals surface area (Å²) in [7, 11) is -2.43. The molecule has 118 valence electrons. The highest BCUT2D eigenvalue weighted by Crippen LogP contribution is 2.28. The van der Waals surface area contributed by atoms with Crippen molar-refractivity contribution in [2.45, 2.75) is 29.7 Å². The monoisotopic (exact) mass is 334 g/mol. The zero-order valence-electron chi connectivity index (χ0n) is 11.7. The fourth-order valence-electron chi connectivity index (χ4n) is 2.04. The molecule has 6 nitrogen and oxygen atoms in total. The summed E-state index contributed by atoms with van der Waals surface area (Å²) in [4.78, 5) is 11.4. The van der Waals surface area contributed by atoms with Gasteiger partial charge in [0.1, 0.15) is 0 Å². The summed E-state index contributed by atoms with van der Waals surface area (Å²) in [5, 5.41) is 0. The van der Waals surface area contributed by atoms with Crippen LogP contribution in [0.5, 0.6) is 0 Å². The highest BCUT2D eigenvalue weighted by Gasteiger charge is 2.33. The maximum Gasteiger partial charge on any atom is 0.337 e. The number of sulfonamides is 1. The van der Waals surface area contributed by atoms with Gasteiger partial charge in [-0.1, -0.05) is 6.07 Å². The smallest absolute Gasteiger partial charge is 0.337 e. The van der Waals surface area contributed by atoms with E-state index >= 15 is 0 Å². The van der Waals surface area contributed by atoms with E-state index in [9.17, 15) is 13.2 Å². The van der Waals surface area contributed by atoms with Crippen LogP contribution in [0.3, 0.4) is 0 Å². The first-order valence-electron chi connectivity index (χ1n) is 6.33. The Morgan fingerprint density at radius 1 is 1.43 bits per heavy atom. The van der Waals surface area contributed by atoms with Gasteiger partial charge in [-0.05, 0) is 37.5 Å². The number of nitrogens with one attached hydrogen (secondary N) is 1. The molecule has 0 heterocycles. The van der Waals surface area contributed by atoms with Crippen LogP contribution in [-0.4, -0.2) is 33.6 Å². The second-order valence-corrected chi connectivity index (χ2v) is 6.83. The minimum Gasteiger partial charge on any atom is -0.465 e. The van der Waals surface area contributed by atoms with E-state index < -0.39 is 21.5 Å². The molecule has 1 aliphatic rings. The molecule has 3 N–H and O–H groups in total. The molecule has 0 aromatic heterocycles. The maximum atomic E-state index is 12.2. The molecule has 0 bridgehead atoms. The number of benzene rings is 1. The quantitative estimate of drug-likeness (QED) is 0.784. The van der Waals surface area contributed by atoms with Crippen LogP contribution in [0.15, 0.2) is 29.2 Å². The number of methoxy groups -OCH3 is 1. The minimum absolute atomic E-state index is 0. The largest absolute Gasteiger partial charge is 0.465 e. The third-order valence-electron chi connectivity index (χ3n) is 3.53. The van der Waals surface area contributed by atoms with E-state index in [1.165, 1.54) is 31.4 Å². The van der Waals surface area contributed by atoms with Crippen molar-refractivity contribution in [3.05, 3.63) is 29.8 Å². The van der Waals surface area contributed by atoms with Crippen molar-refractivity contribution in [2.75, 3.05) is 13.7 Å². The molecule has 1 fully saturated rings. The van der Waals surface area contributed by atoms with Crippen LogP contribution in [0.2, 0.25) is 0 Å². The van der Waals surface area contributed by atoms with Crippen LogP contribution in [-0.2, 0) is 14.8 Å². The van der Waals surface area contributed by atoms with Crippen molar-refractivity contribution in [1.29, 1.82) is 0 Å². The normalized spacial score (nSPS) is 16.5. The van der Waals surface area contributed by atoms with E-state index in [-0.39, 0.29) is 29.4 Å². The van der Waals surface area contributed by atoms with Gasteiger partial charge in [0.15, 0.2) is 0 Å². The number of ether oxygens (including phenoxy) is 1.